The molecule has 1 aliphatic heterocycles. The first kappa shape index (κ1) is 12.7. The van der Waals surface area contributed by atoms with Crippen molar-refractivity contribution >= 4 is 11.6 Å². The van der Waals surface area contributed by atoms with Crippen molar-refractivity contribution in [1.82, 2.24) is 10.6 Å². The zero-order valence-electron chi connectivity index (χ0n) is 10.1. The molecule has 3 nitrogen and oxygen atoms in total. The van der Waals surface area contributed by atoms with Gasteiger partial charge in [0, 0.05) is 24.7 Å². The third-order valence-corrected chi connectivity index (χ3v) is 3.48. The molecule has 1 aliphatic rings. The van der Waals surface area contributed by atoms with Crippen molar-refractivity contribution in [3.8, 4) is 5.75 Å². The fourth-order valence-corrected chi connectivity index (χ4v) is 2.14. The van der Waals surface area contributed by atoms with Gasteiger partial charge < -0.3 is 15.4 Å². The van der Waals surface area contributed by atoms with E-state index in [1.807, 2.05) is 18.2 Å². The molecule has 4 heteroatoms. The van der Waals surface area contributed by atoms with Gasteiger partial charge in [-0.15, -0.1) is 0 Å². The van der Waals surface area contributed by atoms with Crippen molar-refractivity contribution in [2.24, 2.45) is 5.92 Å². The topological polar surface area (TPSA) is 33.3 Å². The van der Waals surface area contributed by atoms with Crippen LogP contribution in [0.1, 0.15) is 5.56 Å². The predicted molar refractivity (Wildman–Crippen MR) is 70.9 cm³/mol. The zero-order chi connectivity index (χ0) is 12.1. The summed E-state index contributed by atoms with van der Waals surface area (Å²) in [6.45, 7) is 4.37. The van der Waals surface area contributed by atoms with Crippen LogP contribution in [0.25, 0.3) is 0 Å². The highest BCUT2D eigenvalue weighted by molar-refractivity contribution is 6.31. The Morgan fingerprint density at radius 1 is 1.47 bits per heavy atom. The molecule has 1 fully saturated rings. The van der Waals surface area contributed by atoms with E-state index in [1.54, 1.807) is 7.11 Å². The minimum atomic E-state index is 0.788. The van der Waals surface area contributed by atoms with Gasteiger partial charge in [-0.2, -0.15) is 0 Å². The van der Waals surface area contributed by atoms with E-state index in [9.17, 15) is 0 Å². The Bertz CT molecular complexity index is 366. The second-order valence-electron chi connectivity index (χ2n) is 4.44. The fourth-order valence-electron chi connectivity index (χ4n) is 1.88. The Labute approximate surface area is 107 Å². The van der Waals surface area contributed by atoms with Crippen LogP contribution in [0.4, 0.5) is 0 Å². The smallest absolute Gasteiger partial charge is 0.120 e. The molecule has 1 heterocycles. The Balaban J connectivity index is 1.73. The second-order valence-corrected chi connectivity index (χ2v) is 4.84. The molecule has 0 saturated carbocycles. The van der Waals surface area contributed by atoms with Gasteiger partial charge in [0.25, 0.3) is 0 Å². The number of ether oxygens (including phenoxy) is 1. The van der Waals surface area contributed by atoms with Crippen molar-refractivity contribution in [3.05, 3.63) is 28.8 Å². The number of rotatable bonds is 6. The van der Waals surface area contributed by atoms with E-state index in [0.29, 0.717) is 0 Å². The first-order chi connectivity index (χ1) is 8.29. The fraction of sp³-hybridized carbons (Fsp3) is 0.538. The minimum absolute atomic E-state index is 0.788. The quantitative estimate of drug-likeness (QED) is 0.759. The van der Waals surface area contributed by atoms with E-state index in [1.165, 1.54) is 5.56 Å². The number of nitrogens with one attached hydrogen (secondary N) is 2. The van der Waals surface area contributed by atoms with Gasteiger partial charge in [0.15, 0.2) is 0 Å². The molecule has 0 aromatic heterocycles. The second kappa shape index (κ2) is 6.24. The van der Waals surface area contributed by atoms with Crippen molar-refractivity contribution < 1.29 is 4.74 Å². The maximum atomic E-state index is 6.17. The van der Waals surface area contributed by atoms with Crippen LogP contribution in [0.3, 0.4) is 0 Å². The Hall–Kier alpha value is -0.770. The van der Waals surface area contributed by atoms with Gasteiger partial charge in [-0.05, 0) is 36.6 Å². The average Bonchev–Trinajstić information content (AvgIpc) is 2.28. The zero-order valence-corrected chi connectivity index (χ0v) is 10.9. The van der Waals surface area contributed by atoms with E-state index in [4.69, 9.17) is 16.3 Å². The first-order valence-electron chi connectivity index (χ1n) is 6.03. The van der Waals surface area contributed by atoms with Crippen molar-refractivity contribution in [3.63, 3.8) is 0 Å². The van der Waals surface area contributed by atoms with E-state index in [-0.39, 0.29) is 0 Å². The summed E-state index contributed by atoms with van der Waals surface area (Å²) in [5, 5.41) is 7.52. The lowest BCUT2D eigenvalue weighted by atomic mass is 10.0. The number of benzene rings is 1. The van der Waals surface area contributed by atoms with Gasteiger partial charge in [-0.25, -0.2) is 0 Å². The highest BCUT2D eigenvalue weighted by Gasteiger charge is 2.15. The summed E-state index contributed by atoms with van der Waals surface area (Å²) in [7, 11) is 1.65. The molecule has 0 unspecified atom stereocenters. The van der Waals surface area contributed by atoms with Crippen LogP contribution in [-0.4, -0.2) is 33.3 Å². The SMILES string of the molecule is COc1ccc(CCNCC2CNC2)c(Cl)c1. The normalized spacial score (nSPS) is 15.6. The standard InChI is InChI=1S/C13H19ClN2O/c1-17-12-3-2-11(13(14)6-12)4-5-15-7-10-8-16-9-10/h2-3,6,10,15-16H,4-5,7-9H2,1H3. The summed E-state index contributed by atoms with van der Waals surface area (Å²) < 4.78 is 5.12. The van der Waals surface area contributed by atoms with Gasteiger partial charge >= 0.3 is 0 Å². The minimum Gasteiger partial charge on any atom is -0.497 e. The molecule has 1 aromatic rings. The molecular weight excluding hydrogens is 236 g/mol. The van der Waals surface area contributed by atoms with Gasteiger partial charge in [-0.3, -0.25) is 0 Å². The maximum Gasteiger partial charge on any atom is 0.120 e. The highest BCUT2D eigenvalue weighted by Crippen LogP contribution is 2.22. The molecule has 0 aliphatic carbocycles. The molecular formula is C13H19ClN2O. The predicted octanol–water partition coefficient (Wildman–Crippen LogP) is 1.70. The van der Waals surface area contributed by atoms with Crippen LogP contribution in [0.2, 0.25) is 5.02 Å². The largest absolute Gasteiger partial charge is 0.497 e. The summed E-state index contributed by atoms with van der Waals surface area (Å²) >= 11 is 6.17. The van der Waals surface area contributed by atoms with E-state index >= 15 is 0 Å². The number of hydrogen-bond donors (Lipinski definition) is 2. The van der Waals surface area contributed by atoms with Crippen LogP contribution < -0.4 is 15.4 Å². The number of hydrogen-bond acceptors (Lipinski definition) is 3. The van der Waals surface area contributed by atoms with Crippen molar-refractivity contribution in [1.29, 1.82) is 0 Å². The van der Waals surface area contributed by atoms with Gasteiger partial charge in [0.05, 0.1) is 7.11 Å². The molecule has 0 bridgehead atoms. The molecule has 94 valence electrons. The lowest BCUT2D eigenvalue weighted by molar-refractivity contribution is 0.333. The van der Waals surface area contributed by atoms with Crippen LogP contribution >= 0.6 is 11.6 Å². The molecule has 0 spiro atoms. The van der Waals surface area contributed by atoms with Crippen LogP contribution in [0.5, 0.6) is 5.75 Å². The maximum absolute atomic E-state index is 6.17. The van der Waals surface area contributed by atoms with Gasteiger partial charge in [-0.1, -0.05) is 17.7 Å². The van der Waals surface area contributed by atoms with Crippen molar-refractivity contribution in [2.75, 3.05) is 33.3 Å². The van der Waals surface area contributed by atoms with Crippen molar-refractivity contribution in [2.45, 2.75) is 6.42 Å². The lowest BCUT2D eigenvalue weighted by Gasteiger charge is -2.27. The van der Waals surface area contributed by atoms with Gasteiger partial charge in [0.1, 0.15) is 5.75 Å². The summed E-state index contributed by atoms with van der Waals surface area (Å²) in [6.07, 6.45) is 0.961. The summed E-state index contributed by atoms with van der Waals surface area (Å²) in [6, 6.07) is 5.86. The average molecular weight is 255 g/mol. The molecule has 0 radical (unpaired) electrons. The van der Waals surface area contributed by atoms with Crippen LogP contribution in [0.15, 0.2) is 18.2 Å². The molecule has 2 N–H and O–H groups in total. The molecule has 1 saturated heterocycles. The Morgan fingerprint density at radius 2 is 2.29 bits per heavy atom. The lowest BCUT2D eigenvalue weighted by Crippen LogP contribution is -2.47. The third-order valence-electron chi connectivity index (χ3n) is 3.13. The molecule has 0 amide bonds. The van der Waals surface area contributed by atoms with Crippen LogP contribution in [-0.2, 0) is 6.42 Å². The summed E-state index contributed by atoms with van der Waals surface area (Å²) in [4.78, 5) is 0. The number of methoxy groups -OCH3 is 1. The van der Waals surface area contributed by atoms with E-state index in [0.717, 1.165) is 49.3 Å². The summed E-state index contributed by atoms with van der Waals surface area (Å²) in [5.74, 6) is 1.62. The van der Waals surface area contributed by atoms with Gasteiger partial charge in [0.2, 0.25) is 0 Å². The van der Waals surface area contributed by atoms with Crippen LogP contribution in [0, 0.1) is 5.92 Å². The molecule has 2 rings (SSSR count). The van der Waals surface area contributed by atoms with E-state index < -0.39 is 0 Å². The monoisotopic (exact) mass is 254 g/mol. The van der Waals surface area contributed by atoms with E-state index in [2.05, 4.69) is 10.6 Å². The molecule has 0 atom stereocenters. The Kier molecular flexibility index (Phi) is 4.66. The Morgan fingerprint density at radius 3 is 2.88 bits per heavy atom. The molecule has 17 heavy (non-hydrogen) atoms. The molecule has 1 aromatic carbocycles. The first-order valence-corrected chi connectivity index (χ1v) is 6.41. The highest BCUT2D eigenvalue weighted by atomic mass is 35.5. The third kappa shape index (κ3) is 3.60. The number of halogens is 1. The summed E-state index contributed by atoms with van der Waals surface area (Å²) in [5.41, 5.74) is 1.17.